The van der Waals surface area contributed by atoms with Crippen LogP contribution in [0.2, 0.25) is 0 Å². The number of nitrogens with one attached hydrogen (secondary N) is 2. The fourth-order valence-electron chi connectivity index (χ4n) is 3.62. The average Bonchev–Trinajstić information content (AvgIpc) is 3.37. The minimum atomic E-state index is -0.686. The third-order valence-electron chi connectivity index (χ3n) is 5.26. The van der Waals surface area contributed by atoms with Crippen LogP contribution in [0.1, 0.15) is 48.5 Å². The number of rotatable bonds is 6. The Bertz CT molecular complexity index is 823. The van der Waals surface area contributed by atoms with E-state index < -0.39 is 17.9 Å². The molecule has 0 bridgehead atoms. The Morgan fingerprint density at radius 3 is 2.39 bits per heavy atom. The molecule has 0 aliphatic heterocycles. The summed E-state index contributed by atoms with van der Waals surface area (Å²) in [4.78, 5) is 26.6. The third kappa shape index (κ3) is 4.54. The van der Waals surface area contributed by atoms with Gasteiger partial charge in [-0.3, -0.25) is 9.59 Å². The van der Waals surface area contributed by atoms with Crippen molar-refractivity contribution in [3.05, 3.63) is 46.2 Å². The lowest BCUT2D eigenvalue weighted by Crippen LogP contribution is -2.43. The smallest absolute Gasteiger partial charge is 0.313 e. The molecule has 3 N–H and O–H groups in total. The molecule has 1 aliphatic carbocycles. The van der Waals surface area contributed by atoms with Gasteiger partial charge < -0.3 is 20.5 Å². The lowest BCUT2D eigenvalue weighted by Gasteiger charge is -2.28. The summed E-state index contributed by atoms with van der Waals surface area (Å²) in [6, 6.07) is 10.8. The zero-order valence-electron chi connectivity index (χ0n) is 16.2. The molecule has 1 saturated carbocycles. The van der Waals surface area contributed by atoms with Crippen molar-refractivity contribution < 1.29 is 19.4 Å². The Morgan fingerprint density at radius 1 is 1.14 bits per heavy atom. The van der Waals surface area contributed by atoms with Crippen LogP contribution < -0.4 is 15.4 Å². The zero-order chi connectivity index (χ0) is 20.1. The molecule has 1 fully saturated rings. The van der Waals surface area contributed by atoms with Crippen LogP contribution in [-0.4, -0.2) is 30.6 Å². The van der Waals surface area contributed by atoms with E-state index in [2.05, 4.69) is 10.6 Å². The van der Waals surface area contributed by atoms with Gasteiger partial charge in [0.05, 0.1) is 13.2 Å². The first kappa shape index (κ1) is 20.4. The molecule has 1 aromatic carbocycles. The highest BCUT2D eigenvalue weighted by Crippen LogP contribution is 2.44. The van der Waals surface area contributed by atoms with Crippen molar-refractivity contribution in [1.29, 1.82) is 0 Å². The maximum absolute atomic E-state index is 12.3. The molecule has 1 aromatic heterocycles. The number of benzene rings is 1. The van der Waals surface area contributed by atoms with E-state index in [0.29, 0.717) is 18.0 Å². The van der Waals surface area contributed by atoms with Crippen molar-refractivity contribution >= 4 is 28.8 Å². The third-order valence-corrected chi connectivity index (χ3v) is 6.77. The van der Waals surface area contributed by atoms with Crippen molar-refractivity contribution in [2.75, 3.05) is 19.0 Å². The molecule has 0 saturated heterocycles. The van der Waals surface area contributed by atoms with E-state index in [-0.39, 0.29) is 5.41 Å². The van der Waals surface area contributed by atoms with E-state index in [1.54, 1.807) is 49.6 Å². The van der Waals surface area contributed by atoms with Gasteiger partial charge >= 0.3 is 11.8 Å². The van der Waals surface area contributed by atoms with Crippen LogP contribution in [0.15, 0.2) is 36.4 Å². The van der Waals surface area contributed by atoms with Gasteiger partial charge in [-0.2, -0.15) is 0 Å². The van der Waals surface area contributed by atoms with E-state index in [4.69, 9.17) is 4.74 Å². The summed E-state index contributed by atoms with van der Waals surface area (Å²) in [5.41, 5.74) is 0.379. The van der Waals surface area contributed by atoms with E-state index in [9.17, 15) is 14.7 Å². The first-order valence-electron chi connectivity index (χ1n) is 9.45. The topological polar surface area (TPSA) is 87.7 Å². The molecule has 1 atom stereocenters. The van der Waals surface area contributed by atoms with Gasteiger partial charge in [0.25, 0.3) is 0 Å². The first-order valence-corrected chi connectivity index (χ1v) is 10.3. The number of amides is 2. The highest BCUT2D eigenvalue weighted by Gasteiger charge is 2.37. The fourth-order valence-corrected chi connectivity index (χ4v) is 4.81. The van der Waals surface area contributed by atoms with E-state index in [1.165, 1.54) is 0 Å². The van der Waals surface area contributed by atoms with Gasteiger partial charge in [0.2, 0.25) is 0 Å². The molecular formula is C21H26N2O4S. The highest BCUT2D eigenvalue weighted by molar-refractivity contribution is 7.12. The molecule has 28 heavy (non-hydrogen) atoms. The summed E-state index contributed by atoms with van der Waals surface area (Å²) < 4.78 is 5.08. The lowest BCUT2D eigenvalue weighted by atomic mass is 9.84. The van der Waals surface area contributed by atoms with Gasteiger partial charge in [0, 0.05) is 27.4 Å². The molecule has 1 heterocycles. The van der Waals surface area contributed by atoms with Gasteiger partial charge in [0.15, 0.2) is 0 Å². The number of methoxy groups -OCH3 is 1. The maximum Gasteiger partial charge on any atom is 0.313 e. The minimum Gasteiger partial charge on any atom is -0.497 e. The first-order chi connectivity index (χ1) is 13.4. The second kappa shape index (κ2) is 8.75. The van der Waals surface area contributed by atoms with Gasteiger partial charge in [-0.25, -0.2) is 0 Å². The Morgan fingerprint density at radius 2 is 1.82 bits per heavy atom. The molecule has 7 heteroatoms. The number of thiophene rings is 1. The minimum absolute atomic E-state index is 0.159. The molecule has 2 amide bonds. The molecule has 1 aliphatic rings. The Balaban J connectivity index is 1.62. The highest BCUT2D eigenvalue weighted by atomic mass is 32.1. The van der Waals surface area contributed by atoms with Crippen LogP contribution in [0.4, 0.5) is 5.69 Å². The van der Waals surface area contributed by atoms with Gasteiger partial charge in [-0.15, -0.1) is 11.3 Å². The quantitative estimate of drug-likeness (QED) is 0.647. The van der Waals surface area contributed by atoms with Gasteiger partial charge in [0.1, 0.15) is 5.75 Å². The number of aliphatic hydroxyl groups is 1. The predicted molar refractivity (Wildman–Crippen MR) is 110 cm³/mol. The number of anilines is 1. The van der Waals surface area contributed by atoms with Crippen molar-refractivity contribution in [2.24, 2.45) is 0 Å². The molecule has 150 valence electrons. The number of ether oxygens (including phenoxy) is 1. The lowest BCUT2D eigenvalue weighted by molar-refractivity contribution is -0.136. The van der Waals surface area contributed by atoms with E-state index >= 15 is 0 Å². The van der Waals surface area contributed by atoms with Crippen molar-refractivity contribution in [2.45, 2.75) is 44.1 Å². The number of aliphatic hydroxyl groups excluding tert-OH is 1. The second-order valence-corrected chi connectivity index (χ2v) is 8.35. The predicted octanol–water partition coefficient (Wildman–Crippen LogP) is 3.38. The summed E-state index contributed by atoms with van der Waals surface area (Å²) in [5, 5.41) is 15.2. The normalized spacial score (nSPS) is 16.4. The summed E-state index contributed by atoms with van der Waals surface area (Å²) in [6.07, 6.45) is 3.62. The van der Waals surface area contributed by atoms with Gasteiger partial charge in [-0.1, -0.05) is 12.8 Å². The van der Waals surface area contributed by atoms with Crippen molar-refractivity contribution in [1.82, 2.24) is 5.32 Å². The van der Waals surface area contributed by atoms with E-state index in [0.717, 1.165) is 35.4 Å². The largest absolute Gasteiger partial charge is 0.497 e. The SMILES string of the molecule is COc1ccc(NC(=O)C(=O)NCC2(c3ccc(C(C)O)s3)CCCC2)cc1. The molecule has 3 rings (SSSR count). The van der Waals surface area contributed by atoms with Gasteiger partial charge in [-0.05, 0) is 56.2 Å². The number of carbonyl (C=O) groups excluding carboxylic acids is 2. The van der Waals surface area contributed by atoms with Crippen molar-refractivity contribution in [3.63, 3.8) is 0 Å². The summed E-state index contributed by atoms with van der Waals surface area (Å²) in [5.74, 6) is -0.651. The number of hydrogen-bond acceptors (Lipinski definition) is 5. The molecular weight excluding hydrogens is 376 g/mol. The summed E-state index contributed by atoms with van der Waals surface area (Å²) in [7, 11) is 1.57. The van der Waals surface area contributed by atoms with Crippen LogP contribution in [0, 0.1) is 0 Å². The molecule has 0 spiro atoms. The van der Waals surface area contributed by atoms with Crippen LogP contribution in [0.5, 0.6) is 5.75 Å². The number of carbonyl (C=O) groups is 2. The fraction of sp³-hybridized carbons (Fsp3) is 0.429. The van der Waals surface area contributed by atoms with Crippen LogP contribution in [0.25, 0.3) is 0 Å². The Kier molecular flexibility index (Phi) is 6.36. The monoisotopic (exact) mass is 402 g/mol. The average molecular weight is 403 g/mol. The standard InChI is InChI=1S/C21H26N2O4S/c1-14(24)17-9-10-18(28-17)21(11-3-4-12-21)13-22-19(25)20(26)23-15-5-7-16(27-2)8-6-15/h5-10,14,24H,3-4,11-13H2,1-2H3,(H,22,25)(H,23,26). The van der Waals surface area contributed by atoms with Crippen LogP contribution in [-0.2, 0) is 15.0 Å². The van der Waals surface area contributed by atoms with E-state index in [1.807, 2.05) is 12.1 Å². The second-order valence-electron chi connectivity index (χ2n) is 7.23. The molecule has 6 nitrogen and oxygen atoms in total. The van der Waals surface area contributed by atoms with Crippen LogP contribution in [0.3, 0.4) is 0 Å². The molecule has 1 unspecified atom stereocenters. The maximum atomic E-state index is 12.3. The summed E-state index contributed by atoms with van der Waals surface area (Å²) >= 11 is 1.59. The summed E-state index contributed by atoms with van der Waals surface area (Å²) in [6.45, 7) is 2.17. The molecule has 0 radical (unpaired) electrons. The Hall–Kier alpha value is -2.38. The van der Waals surface area contributed by atoms with Crippen molar-refractivity contribution in [3.8, 4) is 5.75 Å². The Labute approximate surface area is 168 Å². The molecule has 2 aromatic rings. The number of hydrogen-bond donors (Lipinski definition) is 3. The van der Waals surface area contributed by atoms with Crippen LogP contribution >= 0.6 is 11.3 Å². The zero-order valence-corrected chi connectivity index (χ0v) is 17.0.